The first-order chi connectivity index (χ1) is 10.3. The first kappa shape index (κ1) is 15.0. The molecule has 0 radical (unpaired) electrons. The Morgan fingerprint density at radius 3 is 3.00 bits per heavy atom. The van der Waals surface area contributed by atoms with Crippen LogP contribution in [0.15, 0.2) is 47.3 Å². The van der Waals surface area contributed by atoms with Gasteiger partial charge in [-0.2, -0.15) is 0 Å². The molecule has 1 N–H and O–H groups in total. The predicted molar refractivity (Wildman–Crippen MR) is 81.8 cm³/mol. The molecule has 0 aliphatic rings. The molecule has 6 heteroatoms. The average Bonchev–Trinajstić information content (AvgIpc) is 2.51. The van der Waals surface area contributed by atoms with Crippen molar-refractivity contribution in [2.45, 2.75) is 0 Å². The first-order valence-corrected chi connectivity index (χ1v) is 6.93. The number of hydrogen-bond acceptors (Lipinski definition) is 4. The summed E-state index contributed by atoms with van der Waals surface area (Å²) in [6.45, 7) is 0.495. The molecule has 0 saturated carbocycles. The zero-order valence-electron chi connectivity index (χ0n) is 11.0. The molecule has 0 saturated heterocycles. The molecule has 1 heterocycles. The first-order valence-electron chi connectivity index (χ1n) is 6.14. The van der Waals surface area contributed by atoms with Crippen LogP contribution in [0.3, 0.4) is 0 Å². The van der Waals surface area contributed by atoms with Crippen molar-refractivity contribution in [3.8, 4) is 17.6 Å². The number of nitrogens with zero attached hydrogens (tertiary/aromatic N) is 2. The van der Waals surface area contributed by atoms with Gasteiger partial charge in [0.1, 0.15) is 18.1 Å². The van der Waals surface area contributed by atoms with E-state index in [0.717, 1.165) is 10.2 Å². The van der Waals surface area contributed by atoms with E-state index in [4.69, 9.17) is 4.74 Å². The third-order valence-corrected chi connectivity index (χ3v) is 2.86. The lowest BCUT2D eigenvalue weighted by Gasteiger charge is -2.01. The summed E-state index contributed by atoms with van der Waals surface area (Å²) in [5.74, 6) is 6.06. The number of ether oxygens (including phenoxy) is 1. The van der Waals surface area contributed by atoms with Gasteiger partial charge in [-0.05, 0) is 18.2 Å². The van der Waals surface area contributed by atoms with Gasteiger partial charge in [-0.25, -0.2) is 4.98 Å². The number of rotatable bonds is 4. The van der Waals surface area contributed by atoms with Crippen molar-refractivity contribution in [1.29, 1.82) is 0 Å². The molecule has 1 aromatic heterocycles. The van der Waals surface area contributed by atoms with Crippen LogP contribution in [0.25, 0.3) is 0 Å². The van der Waals surface area contributed by atoms with Crippen molar-refractivity contribution in [3.63, 3.8) is 0 Å². The van der Waals surface area contributed by atoms with Crippen LogP contribution >= 0.6 is 15.9 Å². The molecule has 2 rings (SSSR count). The topological polar surface area (TPSA) is 64.1 Å². The van der Waals surface area contributed by atoms with Crippen LogP contribution in [0.4, 0.5) is 0 Å². The van der Waals surface area contributed by atoms with Crippen LogP contribution < -0.4 is 10.1 Å². The molecule has 106 valence electrons. The van der Waals surface area contributed by atoms with Gasteiger partial charge in [0.05, 0.1) is 12.7 Å². The molecule has 2 aromatic rings. The highest BCUT2D eigenvalue weighted by atomic mass is 79.9. The lowest BCUT2D eigenvalue weighted by Crippen LogP contribution is -2.24. The summed E-state index contributed by atoms with van der Waals surface area (Å²) in [6, 6.07) is 7.51. The van der Waals surface area contributed by atoms with Gasteiger partial charge in [0.2, 0.25) is 0 Å². The second kappa shape index (κ2) is 8.02. The minimum absolute atomic E-state index is 0.233. The highest BCUT2D eigenvalue weighted by molar-refractivity contribution is 9.10. The molecule has 21 heavy (non-hydrogen) atoms. The van der Waals surface area contributed by atoms with Gasteiger partial charge in [0.25, 0.3) is 5.91 Å². The van der Waals surface area contributed by atoms with E-state index in [9.17, 15) is 4.79 Å². The Bertz CT molecular complexity index is 665. The van der Waals surface area contributed by atoms with Crippen molar-refractivity contribution in [1.82, 2.24) is 15.3 Å². The maximum Gasteiger partial charge on any atom is 0.272 e. The van der Waals surface area contributed by atoms with E-state index in [1.807, 2.05) is 24.3 Å². The molecule has 0 unspecified atom stereocenters. The summed E-state index contributed by atoms with van der Waals surface area (Å²) in [5.41, 5.74) is 0.268. The molecule has 0 fully saturated rings. The summed E-state index contributed by atoms with van der Waals surface area (Å²) >= 11 is 3.36. The Hall–Kier alpha value is -2.39. The van der Waals surface area contributed by atoms with Gasteiger partial charge in [0, 0.05) is 16.9 Å². The fraction of sp³-hybridized carbons (Fsp3) is 0.133. The normalized spacial score (nSPS) is 9.38. The smallest absolute Gasteiger partial charge is 0.272 e. The Morgan fingerprint density at radius 1 is 1.33 bits per heavy atom. The zero-order chi connectivity index (χ0) is 14.9. The van der Waals surface area contributed by atoms with E-state index in [2.05, 4.69) is 43.1 Å². The Kier molecular flexibility index (Phi) is 5.73. The van der Waals surface area contributed by atoms with E-state index in [1.54, 1.807) is 0 Å². The Balaban J connectivity index is 1.71. The number of hydrogen-bond donors (Lipinski definition) is 1. The van der Waals surface area contributed by atoms with Crippen LogP contribution in [0, 0.1) is 11.8 Å². The molecule has 1 amide bonds. The second-order valence-corrected chi connectivity index (χ2v) is 4.79. The molecule has 0 spiro atoms. The number of carbonyl (C=O) groups excluding carboxylic acids is 1. The molecule has 0 aliphatic heterocycles. The van der Waals surface area contributed by atoms with Crippen LogP contribution in [-0.2, 0) is 0 Å². The average molecular weight is 346 g/mol. The number of nitrogens with one attached hydrogen (secondary N) is 1. The molecule has 1 aromatic carbocycles. The van der Waals surface area contributed by atoms with E-state index < -0.39 is 0 Å². The van der Waals surface area contributed by atoms with Crippen molar-refractivity contribution < 1.29 is 9.53 Å². The minimum atomic E-state index is -0.301. The van der Waals surface area contributed by atoms with E-state index in [-0.39, 0.29) is 24.8 Å². The minimum Gasteiger partial charge on any atom is -0.481 e. The summed E-state index contributed by atoms with van der Waals surface area (Å²) < 4.78 is 6.39. The lowest BCUT2D eigenvalue weighted by atomic mass is 10.3. The highest BCUT2D eigenvalue weighted by Crippen LogP contribution is 2.17. The molecule has 0 bridgehead atoms. The fourth-order valence-electron chi connectivity index (χ4n) is 1.42. The van der Waals surface area contributed by atoms with Gasteiger partial charge in [-0.15, -0.1) is 0 Å². The molecular formula is C15H12BrN3O2. The third-order valence-electron chi connectivity index (χ3n) is 2.37. The van der Waals surface area contributed by atoms with Gasteiger partial charge < -0.3 is 10.1 Å². The fourth-order valence-corrected chi connectivity index (χ4v) is 1.80. The molecular weight excluding hydrogens is 334 g/mol. The van der Waals surface area contributed by atoms with Crippen molar-refractivity contribution in [3.05, 3.63) is 53.0 Å². The van der Waals surface area contributed by atoms with Crippen LogP contribution in [-0.4, -0.2) is 29.0 Å². The SMILES string of the molecule is O=C(NCC#CCOc1cccc(Br)c1)c1cnccn1. The molecule has 5 nitrogen and oxygen atoms in total. The van der Waals surface area contributed by atoms with Gasteiger partial charge in [0.15, 0.2) is 0 Å². The van der Waals surface area contributed by atoms with Crippen LogP contribution in [0.5, 0.6) is 5.75 Å². The third kappa shape index (κ3) is 5.24. The summed E-state index contributed by atoms with van der Waals surface area (Å²) in [6.07, 6.45) is 4.38. The van der Waals surface area contributed by atoms with Gasteiger partial charge >= 0.3 is 0 Å². The Morgan fingerprint density at radius 2 is 2.24 bits per heavy atom. The molecule has 0 aliphatic carbocycles. The zero-order valence-corrected chi connectivity index (χ0v) is 12.6. The summed E-state index contributed by atoms with van der Waals surface area (Å²) in [5, 5.41) is 2.63. The largest absolute Gasteiger partial charge is 0.481 e. The van der Waals surface area contributed by atoms with Crippen LogP contribution in [0.2, 0.25) is 0 Å². The quantitative estimate of drug-likeness (QED) is 0.861. The van der Waals surface area contributed by atoms with Crippen molar-refractivity contribution >= 4 is 21.8 Å². The van der Waals surface area contributed by atoms with Gasteiger partial charge in [-0.1, -0.05) is 33.8 Å². The van der Waals surface area contributed by atoms with Gasteiger partial charge in [-0.3, -0.25) is 9.78 Å². The summed E-state index contributed by atoms with van der Waals surface area (Å²) in [7, 11) is 0. The number of amides is 1. The number of carbonyl (C=O) groups is 1. The number of aromatic nitrogens is 2. The maximum atomic E-state index is 11.6. The number of benzene rings is 1. The van der Waals surface area contributed by atoms with Crippen LogP contribution in [0.1, 0.15) is 10.5 Å². The van der Waals surface area contributed by atoms with E-state index in [0.29, 0.717) is 0 Å². The van der Waals surface area contributed by atoms with E-state index in [1.165, 1.54) is 18.6 Å². The summed E-state index contributed by atoms with van der Waals surface area (Å²) in [4.78, 5) is 19.3. The standard InChI is InChI=1S/C15H12BrN3O2/c16-12-4-3-5-13(10-12)21-9-2-1-6-19-15(20)14-11-17-7-8-18-14/h3-5,7-8,10-11H,6,9H2,(H,19,20). The Labute approximate surface area is 130 Å². The van der Waals surface area contributed by atoms with Crippen molar-refractivity contribution in [2.24, 2.45) is 0 Å². The van der Waals surface area contributed by atoms with E-state index >= 15 is 0 Å². The highest BCUT2D eigenvalue weighted by Gasteiger charge is 2.03. The predicted octanol–water partition coefficient (Wildman–Crippen LogP) is 2.05. The monoisotopic (exact) mass is 345 g/mol. The van der Waals surface area contributed by atoms with Crippen molar-refractivity contribution in [2.75, 3.05) is 13.2 Å². The number of halogens is 1. The lowest BCUT2D eigenvalue weighted by molar-refractivity contribution is 0.0953. The maximum absolute atomic E-state index is 11.6. The molecule has 0 atom stereocenters. The second-order valence-electron chi connectivity index (χ2n) is 3.87.